The number of aromatic nitrogens is 1. The molecule has 0 aromatic carbocycles. The molecule has 5 nitrogen and oxygen atoms in total. The SMILES string of the molecule is CC(C)n1cc(Br)cc1C(=O)N(CCC(=O)O)C1CC1. The van der Waals surface area contributed by atoms with Crippen LogP contribution in [0.5, 0.6) is 0 Å². The summed E-state index contributed by atoms with van der Waals surface area (Å²) in [4.78, 5) is 25.1. The number of carboxylic acid groups (broad SMARTS) is 1. The Morgan fingerprint density at radius 2 is 2.15 bits per heavy atom. The van der Waals surface area contributed by atoms with Gasteiger partial charge in [0.2, 0.25) is 0 Å². The topological polar surface area (TPSA) is 62.5 Å². The summed E-state index contributed by atoms with van der Waals surface area (Å²) in [6, 6.07) is 2.19. The molecule has 1 aromatic heterocycles. The summed E-state index contributed by atoms with van der Waals surface area (Å²) in [7, 11) is 0. The first-order chi connectivity index (χ1) is 9.40. The van der Waals surface area contributed by atoms with Gasteiger partial charge in [-0.05, 0) is 48.7 Å². The van der Waals surface area contributed by atoms with Crippen molar-refractivity contribution in [3.63, 3.8) is 0 Å². The predicted octanol–water partition coefficient (Wildman–Crippen LogP) is 2.91. The highest BCUT2D eigenvalue weighted by atomic mass is 79.9. The van der Waals surface area contributed by atoms with Crippen LogP contribution in [-0.2, 0) is 4.79 Å². The summed E-state index contributed by atoms with van der Waals surface area (Å²) in [5.41, 5.74) is 0.615. The molecule has 1 aliphatic carbocycles. The summed E-state index contributed by atoms with van der Waals surface area (Å²) >= 11 is 3.40. The fourth-order valence-corrected chi connectivity index (χ4v) is 2.68. The number of nitrogens with zero attached hydrogens (tertiary/aromatic N) is 2. The molecule has 110 valence electrons. The number of carbonyl (C=O) groups is 2. The van der Waals surface area contributed by atoms with Crippen molar-refractivity contribution >= 4 is 27.8 Å². The molecule has 6 heteroatoms. The summed E-state index contributed by atoms with van der Waals surface area (Å²) in [5, 5.41) is 8.81. The van der Waals surface area contributed by atoms with E-state index >= 15 is 0 Å². The molecule has 1 amide bonds. The summed E-state index contributed by atoms with van der Waals surface area (Å²) < 4.78 is 2.78. The monoisotopic (exact) mass is 342 g/mol. The van der Waals surface area contributed by atoms with E-state index in [-0.39, 0.29) is 31.0 Å². The fraction of sp³-hybridized carbons (Fsp3) is 0.571. The molecule has 2 rings (SSSR count). The summed E-state index contributed by atoms with van der Waals surface area (Å²) in [6.07, 6.45) is 3.82. The first kappa shape index (κ1) is 15.1. The molecule has 1 aliphatic rings. The largest absolute Gasteiger partial charge is 0.481 e. The van der Waals surface area contributed by atoms with E-state index in [0.717, 1.165) is 17.3 Å². The number of amides is 1. The van der Waals surface area contributed by atoms with E-state index in [2.05, 4.69) is 15.9 Å². The highest BCUT2D eigenvalue weighted by molar-refractivity contribution is 9.10. The maximum absolute atomic E-state index is 12.7. The Balaban J connectivity index is 2.20. The average Bonchev–Trinajstić information content (AvgIpc) is 3.10. The molecule has 1 saturated carbocycles. The van der Waals surface area contributed by atoms with Crippen molar-refractivity contribution in [2.24, 2.45) is 0 Å². The molecule has 0 saturated heterocycles. The average molecular weight is 343 g/mol. The molecule has 0 aliphatic heterocycles. The van der Waals surface area contributed by atoms with Crippen molar-refractivity contribution in [3.8, 4) is 0 Å². The fourth-order valence-electron chi connectivity index (χ4n) is 2.24. The quantitative estimate of drug-likeness (QED) is 0.864. The van der Waals surface area contributed by atoms with E-state index in [1.54, 1.807) is 11.0 Å². The van der Waals surface area contributed by atoms with E-state index in [9.17, 15) is 9.59 Å². The van der Waals surface area contributed by atoms with E-state index in [0.29, 0.717) is 5.69 Å². The van der Waals surface area contributed by atoms with Crippen LogP contribution in [0, 0.1) is 0 Å². The van der Waals surface area contributed by atoms with Gasteiger partial charge in [-0.15, -0.1) is 0 Å². The number of hydrogen-bond donors (Lipinski definition) is 1. The van der Waals surface area contributed by atoms with Gasteiger partial charge in [-0.3, -0.25) is 9.59 Å². The third-order valence-electron chi connectivity index (χ3n) is 3.41. The maximum Gasteiger partial charge on any atom is 0.305 e. The van der Waals surface area contributed by atoms with Crippen LogP contribution in [0.4, 0.5) is 0 Å². The van der Waals surface area contributed by atoms with Gasteiger partial charge in [0.15, 0.2) is 0 Å². The van der Waals surface area contributed by atoms with Crippen molar-refractivity contribution in [1.82, 2.24) is 9.47 Å². The smallest absolute Gasteiger partial charge is 0.305 e. The van der Waals surface area contributed by atoms with Crippen molar-refractivity contribution in [3.05, 3.63) is 22.4 Å². The minimum absolute atomic E-state index is 0.00814. The minimum Gasteiger partial charge on any atom is -0.481 e. The van der Waals surface area contributed by atoms with Crippen LogP contribution in [-0.4, -0.2) is 39.0 Å². The molecule has 1 fully saturated rings. The molecule has 0 spiro atoms. The highest BCUT2D eigenvalue weighted by Gasteiger charge is 2.34. The van der Waals surface area contributed by atoms with E-state index in [4.69, 9.17) is 5.11 Å². The minimum atomic E-state index is -0.871. The normalized spacial score (nSPS) is 14.6. The van der Waals surface area contributed by atoms with Crippen LogP contribution in [0.25, 0.3) is 0 Å². The van der Waals surface area contributed by atoms with Crippen molar-refractivity contribution in [2.45, 2.75) is 45.2 Å². The molecule has 20 heavy (non-hydrogen) atoms. The highest BCUT2D eigenvalue weighted by Crippen LogP contribution is 2.30. The van der Waals surface area contributed by atoms with Gasteiger partial charge >= 0.3 is 5.97 Å². The number of rotatable bonds is 6. The lowest BCUT2D eigenvalue weighted by molar-refractivity contribution is -0.137. The molecule has 1 N–H and O–H groups in total. The second-order valence-corrected chi connectivity index (χ2v) is 6.33. The first-order valence-electron chi connectivity index (χ1n) is 6.80. The van der Waals surface area contributed by atoms with Gasteiger partial charge in [-0.25, -0.2) is 0 Å². The zero-order valence-corrected chi connectivity index (χ0v) is 13.3. The molecule has 0 radical (unpaired) electrons. The van der Waals surface area contributed by atoms with Gasteiger partial charge in [-0.1, -0.05) is 0 Å². The maximum atomic E-state index is 12.7. The molecule has 0 atom stereocenters. The number of carbonyl (C=O) groups excluding carboxylic acids is 1. The van der Waals surface area contributed by atoms with Gasteiger partial charge in [0.25, 0.3) is 5.91 Å². The van der Waals surface area contributed by atoms with Crippen molar-refractivity contribution < 1.29 is 14.7 Å². The Hall–Kier alpha value is -1.30. The van der Waals surface area contributed by atoms with Crippen molar-refractivity contribution in [2.75, 3.05) is 6.54 Å². The molecule has 0 unspecified atom stereocenters. The lowest BCUT2D eigenvalue weighted by Gasteiger charge is -2.23. The molecular weight excluding hydrogens is 324 g/mol. The van der Waals surface area contributed by atoms with Crippen LogP contribution >= 0.6 is 15.9 Å². The third-order valence-corrected chi connectivity index (χ3v) is 3.84. The zero-order valence-electron chi connectivity index (χ0n) is 11.7. The van der Waals surface area contributed by atoms with E-state index in [1.165, 1.54) is 0 Å². The van der Waals surface area contributed by atoms with Crippen LogP contribution in [0.1, 0.15) is 49.6 Å². The number of hydrogen-bond acceptors (Lipinski definition) is 2. The van der Waals surface area contributed by atoms with E-state index in [1.807, 2.05) is 24.6 Å². The van der Waals surface area contributed by atoms with Gasteiger partial charge in [0.1, 0.15) is 5.69 Å². The van der Waals surface area contributed by atoms with Crippen LogP contribution in [0.3, 0.4) is 0 Å². The van der Waals surface area contributed by atoms with Crippen LogP contribution in [0.15, 0.2) is 16.7 Å². The number of carboxylic acids is 1. The Morgan fingerprint density at radius 1 is 1.50 bits per heavy atom. The number of halogens is 1. The standard InChI is InChI=1S/C14H19BrN2O3/c1-9(2)17-8-10(15)7-12(17)14(20)16(11-3-4-11)6-5-13(18)19/h7-9,11H,3-6H2,1-2H3,(H,18,19). The van der Waals surface area contributed by atoms with Gasteiger partial charge in [-0.2, -0.15) is 0 Å². The molecule has 1 heterocycles. The van der Waals surface area contributed by atoms with Gasteiger partial charge in [0, 0.05) is 29.3 Å². The lowest BCUT2D eigenvalue weighted by Crippen LogP contribution is -2.36. The Labute approximate surface area is 126 Å². The second-order valence-electron chi connectivity index (χ2n) is 5.42. The summed E-state index contributed by atoms with van der Waals surface area (Å²) in [5.74, 6) is -0.947. The lowest BCUT2D eigenvalue weighted by atomic mass is 10.3. The van der Waals surface area contributed by atoms with Crippen molar-refractivity contribution in [1.29, 1.82) is 0 Å². The Bertz CT molecular complexity index is 520. The second kappa shape index (κ2) is 5.99. The van der Waals surface area contributed by atoms with Gasteiger partial charge in [0.05, 0.1) is 6.42 Å². The predicted molar refractivity (Wildman–Crippen MR) is 78.8 cm³/mol. The Morgan fingerprint density at radius 3 is 2.65 bits per heavy atom. The Kier molecular flexibility index (Phi) is 4.52. The van der Waals surface area contributed by atoms with Crippen LogP contribution in [0.2, 0.25) is 0 Å². The first-order valence-corrected chi connectivity index (χ1v) is 7.59. The third kappa shape index (κ3) is 3.42. The molecular formula is C14H19BrN2O3. The van der Waals surface area contributed by atoms with Gasteiger partial charge < -0.3 is 14.6 Å². The molecule has 1 aromatic rings. The number of aliphatic carboxylic acids is 1. The zero-order chi connectivity index (χ0) is 14.9. The molecule has 0 bridgehead atoms. The van der Waals surface area contributed by atoms with E-state index < -0.39 is 5.97 Å². The van der Waals surface area contributed by atoms with Crippen LogP contribution < -0.4 is 0 Å². The summed E-state index contributed by atoms with van der Waals surface area (Å²) in [6.45, 7) is 4.31.